The zero-order chi connectivity index (χ0) is 22.5. The van der Waals surface area contributed by atoms with E-state index in [1.54, 1.807) is 42.5 Å². The first-order chi connectivity index (χ1) is 14.8. The molecular formula is C23H18INO6. The Hall–Kier alpha value is -3.27. The van der Waals surface area contributed by atoms with Gasteiger partial charge in [0, 0.05) is 0 Å². The SMILES string of the molecule is CC(=O)c1ccc(OCc2ccc([C@@H](N=O)c3cccc(C(=O)O)c3)cc2)c(I)c1O. The molecule has 0 saturated carbocycles. The zero-order valence-electron chi connectivity index (χ0n) is 16.4. The summed E-state index contributed by atoms with van der Waals surface area (Å²) in [7, 11) is 0. The van der Waals surface area contributed by atoms with Gasteiger partial charge < -0.3 is 14.9 Å². The predicted octanol–water partition coefficient (Wildman–Crippen LogP) is 5.33. The van der Waals surface area contributed by atoms with Gasteiger partial charge in [0.05, 0.1) is 14.7 Å². The van der Waals surface area contributed by atoms with Gasteiger partial charge in [0.25, 0.3) is 0 Å². The van der Waals surface area contributed by atoms with Crippen LogP contribution >= 0.6 is 22.6 Å². The molecule has 3 aromatic carbocycles. The summed E-state index contributed by atoms with van der Waals surface area (Å²) in [5, 5.41) is 22.5. The van der Waals surface area contributed by atoms with Crippen molar-refractivity contribution in [3.8, 4) is 11.5 Å². The molecule has 0 aliphatic carbocycles. The van der Waals surface area contributed by atoms with Crippen LogP contribution in [-0.2, 0) is 6.61 Å². The molecule has 0 amide bonds. The van der Waals surface area contributed by atoms with Gasteiger partial charge in [0.15, 0.2) is 5.78 Å². The smallest absolute Gasteiger partial charge is 0.335 e. The highest BCUT2D eigenvalue weighted by atomic mass is 127. The van der Waals surface area contributed by atoms with Crippen LogP contribution in [0, 0.1) is 8.48 Å². The number of nitrogens with zero attached hydrogens (tertiary/aromatic N) is 1. The van der Waals surface area contributed by atoms with E-state index in [2.05, 4.69) is 5.18 Å². The summed E-state index contributed by atoms with van der Waals surface area (Å²) in [6, 6.07) is 15.5. The molecule has 3 rings (SSSR count). The number of carbonyl (C=O) groups is 2. The summed E-state index contributed by atoms with van der Waals surface area (Å²) in [6.45, 7) is 1.59. The highest BCUT2D eigenvalue weighted by molar-refractivity contribution is 14.1. The Balaban J connectivity index is 1.75. The van der Waals surface area contributed by atoms with Crippen LogP contribution in [0.25, 0.3) is 0 Å². The van der Waals surface area contributed by atoms with Crippen molar-refractivity contribution in [1.29, 1.82) is 0 Å². The summed E-state index contributed by atoms with van der Waals surface area (Å²) in [4.78, 5) is 34.1. The molecule has 0 saturated heterocycles. The number of hydrogen-bond donors (Lipinski definition) is 2. The van der Waals surface area contributed by atoms with Gasteiger partial charge in [-0.15, -0.1) is 4.91 Å². The number of halogens is 1. The summed E-state index contributed by atoms with van der Waals surface area (Å²) in [5.41, 5.74) is 2.26. The number of ether oxygens (including phenoxy) is 1. The second kappa shape index (κ2) is 9.69. The molecular weight excluding hydrogens is 513 g/mol. The standard InChI is InChI=1S/C23H18INO6/c1-13(26)18-9-10-19(20(24)22(18)27)31-12-14-5-7-15(8-6-14)21(25-30)16-3-2-4-17(11-16)23(28)29/h2-11,21,27H,12H2,1H3,(H,28,29)/t21-/m1/s1. The molecule has 0 heterocycles. The lowest BCUT2D eigenvalue weighted by atomic mass is 9.97. The number of phenolic OH excluding ortho intramolecular Hbond substituents is 1. The molecule has 7 nitrogen and oxygen atoms in total. The molecule has 2 N–H and O–H groups in total. The Labute approximate surface area is 191 Å². The van der Waals surface area contributed by atoms with Crippen molar-refractivity contribution in [2.45, 2.75) is 19.6 Å². The maximum atomic E-state index is 11.5. The van der Waals surface area contributed by atoms with Crippen LogP contribution < -0.4 is 4.74 Å². The number of benzene rings is 3. The molecule has 0 radical (unpaired) electrons. The number of Topliss-reactive ketones (excluding diaryl/α,β-unsaturated/α-hetero) is 1. The zero-order valence-corrected chi connectivity index (χ0v) is 18.6. The maximum absolute atomic E-state index is 11.5. The minimum absolute atomic E-state index is 0.0878. The van der Waals surface area contributed by atoms with Crippen molar-refractivity contribution in [1.82, 2.24) is 0 Å². The number of aromatic hydroxyl groups is 1. The number of aromatic carboxylic acids is 1. The Bertz CT molecular complexity index is 1140. The number of hydrogen-bond acceptors (Lipinski definition) is 6. The van der Waals surface area contributed by atoms with Crippen LogP contribution in [0.1, 0.15) is 50.4 Å². The first-order valence-corrected chi connectivity index (χ1v) is 10.3. The summed E-state index contributed by atoms with van der Waals surface area (Å²) in [6.07, 6.45) is 0. The van der Waals surface area contributed by atoms with Crippen molar-refractivity contribution < 1.29 is 24.5 Å². The third kappa shape index (κ3) is 5.08. The van der Waals surface area contributed by atoms with Crippen LogP contribution in [0.3, 0.4) is 0 Å². The average Bonchev–Trinajstić information content (AvgIpc) is 2.76. The van der Waals surface area contributed by atoms with Crippen molar-refractivity contribution in [2.75, 3.05) is 0 Å². The van der Waals surface area contributed by atoms with Gasteiger partial charge in [0.1, 0.15) is 24.1 Å². The van der Waals surface area contributed by atoms with E-state index in [1.165, 1.54) is 25.1 Å². The van der Waals surface area contributed by atoms with Crippen molar-refractivity contribution in [3.05, 3.63) is 97.0 Å². The highest BCUT2D eigenvalue weighted by Crippen LogP contribution is 2.33. The fourth-order valence-electron chi connectivity index (χ4n) is 3.05. The summed E-state index contributed by atoms with van der Waals surface area (Å²) < 4.78 is 6.21. The van der Waals surface area contributed by atoms with E-state index in [1.807, 2.05) is 22.6 Å². The van der Waals surface area contributed by atoms with E-state index >= 15 is 0 Å². The molecule has 8 heteroatoms. The van der Waals surface area contributed by atoms with Crippen molar-refractivity contribution in [2.24, 2.45) is 5.18 Å². The minimum Gasteiger partial charge on any atom is -0.506 e. The van der Waals surface area contributed by atoms with Gasteiger partial charge in [-0.05, 0) is 70.5 Å². The first kappa shape index (κ1) is 22.4. The van der Waals surface area contributed by atoms with E-state index in [0.717, 1.165) is 5.56 Å². The fourth-order valence-corrected chi connectivity index (χ4v) is 3.68. The molecule has 0 bridgehead atoms. The summed E-state index contributed by atoms with van der Waals surface area (Å²) in [5.74, 6) is -0.963. The van der Waals surface area contributed by atoms with Gasteiger partial charge in [-0.3, -0.25) is 4.79 Å². The lowest BCUT2D eigenvalue weighted by molar-refractivity contribution is 0.0696. The first-order valence-electron chi connectivity index (χ1n) is 9.21. The van der Waals surface area contributed by atoms with Crippen LogP contribution in [0.4, 0.5) is 0 Å². The molecule has 158 valence electrons. The molecule has 0 fully saturated rings. The molecule has 0 aromatic heterocycles. The van der Waals surface area contributed by atoms with Crippen LogP contribution in [0.15, 0.2) is 65.8 Å². The van der Waals surface area contributed by atoms with Gasteiger partial charge >= 0.3 is 5.97 Å². The number of phenols is 1. The normalized spacial score (nSPS) is 11.5. The summed E-state index contributed by atoms with van der Waals surface area (Å²) >= 11 is 1.92. The predicted molar refractivity (Wildman–Crippen MR) is 123 cm³/mol. The number of carbonyl (C=O) groups excluding carboxylic acids is 1. The molecule has 31 heavy (non-hydrogen) atoms. The Morgan fingerprint density at radius 1 is 1.06 bits per heavy atom. The quantitative estimate of drug-likeness (QED) is 0.231. The van der Waals surface area contributed by atoms with E-state index < -0.39 is 12.0 Å². The van der Waals surface area contributed by atoms with E-state index in [0.29, 0.717) is 20.4 Å². The number of carboxylic acids is 1. The van der Waals surface area contributed by atoms with Crippen molar-refractivity contribution in [3.63, 3.8) is 0 Å². The number of rotatable bonds is 8. The second-order valence-corrected chi connectivity index (χ2v) is 7.88. The highest BCUT2D eigenvalue weighted by Gasteiger charge is 2.17. The van der Waals surface area contributed by atoms with Gasteiger partial charge in [-0.1, -0.05) is 41.6 Å². The fraction of sp³-hybridized carbons (Fsp3) is 0.130. The monoisotopic (exact) mass is 531 g/mol. The third-order valence-electron chi connectivity index (χ3n) is 4.70. The van der Waals surface area contributed by atoms with Crippen LogP contribution in [-0.4, -0.2) is 22.0 Å². The van der Waals surface area contributed by atoms with Crippen LogP contribution in [0.2, 0.25) is 0 Å². The Kier molecular flexibility index (Phi) is 7.01. The van der Waals surface area contributed by atoms with E-state index in [9.17, 15) is 19.6 Å². The largest absolute Gasteiger partial charge is 0.506 e. The molecule has 0 aliphatic rings. The Morgan fingerprint density at radius 2 is 1.77 bits per heavy atom. The topological polar surface area (TPSA) is 113 Å². The molecule has 1 atom stereocenters. The average molecular weight is 531 g/mol. The Morgan fingerprint density at radius 3 is 2.39 bits per heavy atom. The molecule has 0 aliphatic heterocycles. The maximum Gasteiger partial charge on any atom is 0.335 e. The van der Waals surface area contributed by atoms with Crippen LogP contribution in [0.5, 0.6) is 11.5 Å². The lowest BCUT2D eigenvalue weighted by Crippen LogP contribution is -2.03. The van der Waals surface area contributed by atoms with E-state index in [4.69, 9.17) is 9.84 Å². The number of ketones is 1. The minimum atomic E-state index is -1.07. The molecule has 3 aromatic rings. The lowest BCUT2D eigenvalue weighted by Gasteiger charge is -2.13. The number of carboxylic acid groups (broad SMARTS) is 1. The van der Waals surface area contributed by atoms with E-state index in [-0.39, 0.29) is 29.3 Å². The van der Waals surface area contributed by atoms with Gasteiger partial charge in [0.2, 0.25) is 0 Å². The van der Waals surface area contributed by atoms with Crippen molar-refractivity contribution >= 4 is 34.3 Å². The molecule has 0 spiro atoms. The third-order valence-corrected chi connectivity index (χ3v) is 5.75. The number of nitroso groups, excluding NO2 is 1. The second-order valence-electron chi connectivity index (χ2n) is 6.80. The van der Waals surface area contributed by atoms with Gasteiger partial charge in [-0.2, -0.15) is 0 Å². The molecule has 0 unspecified atom stereocenters. The van der Waals surface area contributed by atoms with Gasteiger partial charge in [-0.25, -0.2) is 4.79 Å².